The van der Waals surface area contributed by atoms with E-state index in [-0.39, 0.29) is 5.91 Å². The van der Waals surface area contributed by atoms with Crippen molar-refractivity contribution in [2.45, 2.75) is 17.9 Å². The van der Waals surface area contributed by atoms with E-state index in [0.29, 0.717) is 31.0 Å². The average Bonchev–Trinajstić information content (AvgIpc) is 2.65. The van der Waals surface area contributed by atoms with Crippen molar-refractivity contribution >= 4 is 21.8 Å². The molecule has 1 aromatic carbocycles. The van der Waals surface area contributed by atoms with Crippen molar-refractivity contribution < 1.29 is 9.53 Å². The minimum atomic E-state index is 0.218. The Labute approximate surface area is 110 Å². The maximum atomic E-state index is 11.5. The van der Waals surface area contributed by atoms with Crippen LogP contribution in [0.2, 0.25) is 0 Å². The van der Waals surface area contributed by atoms with E-state index >= 15 is 0 Å². The molecule has 1 heterocycles. The van der Waals surface area contributed by atoms with E-state index in [1.54, 1.807) is 0 Å². The molecule has 2 rings (SSSR count). The van der Waals surface area contributed by atoms with Crippen LogP contribution in [-0.4, -0.2) is 35.3 Å². The first-order valence-corrected chi connectivity index (χ1v) is 6.71. The first-order valence-electron chi connectivity index (χ1n) is 5.79. The van der Waals surface area contributed by atoms with Gasteiger partial charge < -0.3 is 9.64 Å². The SMILES string of the molecule is O=C1CC(Br)CN1CCOCc1ccccc1. The molecule has 1 saturated heterocycles. The Hall–Kier alpha value is -0.870. The van der Waals surface area contributed by atoms with Gasteiger partial charge in [-0.1, -0.05) is 46.3 Å². The van der Waals surface area contributed by atoms with E-state index < -0.39 is 0 Å². The standard InChI is InChI=1S/C13H16BrNO2/c14-12-8-13(16)15(9-12)6-7-17-10-11-4-2-1-3-5-11/h1-5,12H,6-10H2. The monoisotopic (exact) mass is 297 g/mol. The van der Waals surface area contributed by atoms with E-state index in [1.807, 2.05) is 35.2 Å². The summed E-state index contributed by atoms with van der Waals surface area (Å²) >= 11 is 3.46. The third-order valence-electron chi connectivity index (χ3n) is 2.78. The molecule has 1 aromatic rings. The van der Waals surface area contributed by atoms with Crippen LogP contribution in [-0.2, 0) is 16.1 Å². The summed E-state index contributed by atoms with van der Waals surface area (Å²) in [5.74, 6) is 0.218. The van der Waals surface area contributed by atoms with Gasteiger partial charge in [-0.3, -0.25) is 4.79 Å². The highest BCUT2D eigenvalue weighted by molar-refractivity contribution is 9.09. The number of nitrogens with zero attached hydrogens (tertiary/aromatic N) is 1. The summed E-state index contributed by atoms with van der Waals surface area (Å²) in [5.41, 5.74) is 1.17. The Morgan fingerprint density at radius 3 is 2.76 bits per heavy atom. The van der Waals surface area contributed by atoms with Crippen LogP contribution < -0.4 is 0 Å². The Morgan fingerprint density at radius 1 is 1.35 bits per heavy atom. The third kappa shape index (κ3) is 3.82. The number of hydrogen-bond donors (Lipinski definition) is 0. The summed E-state index contributed by atoms with van der Waals surface area (Å²) in [5, 5.41) is 0. The molecule has 0 N–H and O–H groups in total. The van der Waals surface area contributed by atoms with Crippen LogP contribution >= 0.6 is 15.9 Å². The topological polar surface area (TPSA) is 29.5 Å². The molecule has 4 heteroatoms. The van der Waals surface area contributed by atoms with E-state index in [2.05, 4.69) is 15.9 Å². The number of benzene rings is 1. The van der Waals surface area contributed by atoms with Gasteiger partial charge in [0.2, 0.25) is 5.91 Å². The Kier molecular flexibility index (Phi) is 4.57. The number of rotatable bonds is 5. The summed E-state index contributed by atoms with van der Waals surface area (Å²) in [7, 11) is 0. The maximum Gasteiger partial charge on any atom is 0.223 e. The number of carbonyl (C=O) groups excluding carboxylic acids is 1. The quantitative estimate of drug-likeness (QED) is 0.616. The minimum absolute atomic E-state index is 0.218. The second-order valence-corrected chi connectivity index (χ2v) is 5.47. The molecule has 1 aliphatic heterocycles. The maximum absolute atomic E-state index is 11.5. The Balaban J connectivity index is 1.65. The first-order chi connectivity index (χ1) is 8.25. The van der Waals surface area contributed by atoms with Gasteiger partial charge in [0.1, 0.15) is 0 Å². The lowest BCUT2D eigenvalue weighted by molar-refractivity contribution is -0.128. The van der Waals surface area contributed by atoms with Crippen molar-refractivity contribution in [3.05, 3.63) is 35.9 Å². The highest BCUT2D eigenvalue weighted by Crippen LogP contribution is 2.17. The molecule has 0 aromatic heterocycles. The average molecular weight is 298 g/mol. The normalized spacial score (nSPS) is 19.9. The number of carbonyl (C=O) groups is 1. The molecule has 0 saturated carbocycles. The van der Waals surface area contributed by atoms with Crippen molar-refractivity contribution in [3.63, 3.8) is 0 Å². The Morgan fingerprint density at radius 2 is 2.12 bits per heavy atom. The molecule has 17 heavy (non-hydrogen) atoms. The van der Waals surface area contributed by atoms with Gasteiger partial charge in [0, 0.05) is 24.3 Å². The lowest BCUT2D eigenvalue weighted by Crippen LogP contribution is -2.29. The second-order valence-electron chi connectivity index (χ2n) is 4.18. The van der Waals surface area contributed by atoms with Gasteiger partial charge >= 0.3 is 0 Å². The zero-order valence-electron chi connectivity index (χ0n) is 9.64. The number of alkyl halides is 1. The minimum Gasteiger partial charge on any atom is -0.375 e. The molecule has 1 amide bonds. The number of ether oxygens (including phenoxy) is 1. The molecular formula is C13H16BrNO2. The fourth-order valence-corrected chi connectivity index (χ4v) is 2.51. The molecule has 1 unspecified atom stereocenters. The van der Waals surface area contributed by atoms with Gasteiger partial charge in [0.05, 0.1) is 13.2 Å². The predicted octanol–water partition coefficient (Wildman–Crippen LogP) is 2.20. The molecule has 1 fully saturated rings. The van der Waals surface area contributed by atoms with E-state index in [9.17, 15) is 4.79 Å². The number of hydrogen-bond acceptors (Lipinski definition) is 2. The lowest BCUT2D eigenvalue weighted by atomic mass is 10.2. The van der Waals surface area contributed by atoms with Crippen LogP contribution in [0.5, 0.6) is 0 Å². The zero-order valence-corrected chi connectivity index (χ0v) is 11.2. The number of likely N-dealkylation sites (tertiary alicyclic amines) is 1. The van der Waals surface area contributed by atoms with E-state index in [1.165, 1.54) is 5.56 Å². The second kappa shape index (κ2) is 6.17. The van der Waals surface area contributed by atoms with Gasteiger partial charge in [-0.05, 0) is 5.56 Å². The molecule has 92 valence electrons. The van der Waals surface area contributed by atoms with Crippen molar-refractivity contribution in [3.8, 4) is 0 Å². The lowest BCUT2D eigenvalue weighted by Gasteiger charge is -2.15. The van der Waals surface area contributed by atoms with E-state index in [4.69, 9.17) is 4.74 Å². The van der Waals surface area contributed by atoms with Crippen molar-refractivity contribution in [2.24, 2.45) is 0 Å². The van der Waals surface area contributed by atoms with Crippen LogP contribution in [0.4, 0.5) is 0 Å². The number of amides is 1. The summed E-state index contributed by atoms with van der Waals surface area (Å²) in [6.45, 7) is 2.70. The fourth-order valence-electron chi connectivity index (χ4n) is 1.88. The van der Waals surface area contributed by atoms with Crippen molar-refractivity contribution in [2.75, 3.05) is 19.7 Å². The largest absolute Gasteiger partial charge is 0.375 e. The molecule has 1 atom stereocenters. The predicted molar refractivity (Wildman–Crippen MR) is 70.0 cm³/mol. The number of halogens is 1. The summed E-state index contributed by atoms with van der Waals surface area (Å²) in [6.07, 6.45) is 0.610. The van der Waals surface area contributed by atoms with Gasteiger partial charge in [0.25, 0.3) is 0 Å². The molecule has 0 bridgehead atoms. The molecule has 0 aliphatic carbocycles. The van der Waals surface area contributed by atoms with Crippen molar-refractivity contribution in [1.29, 1.82) is 0 Å². The van der Waals surface area contributed by atoms with Crippen LogP contribution in [0.15, 0.2) is 30.3 Å². The van der Waals surface area contributed by atoms with Gasteiger partial charge in [0.15, 0.2) is 0 Å². The molecule has 3 nitrogen and oxygen atoms in total. The van der Waals surface area contributed by atoms with Gasteiger partial charge in [-0.2, -0.15) is 0 Å². The summed E-state index contributed by atoms with van der Waals surface area (Å²) in [4.78, 5) is 13.7. The first kappa shape index (κ1) is 12.6. The third-order valence-corrected chi connectivity index (χ3v) is 3.40. The van der Waals surface area contributed by atoms with E-state index in [0.717, 1.165) is 6.54 Å². The smallest absolute Gasteiger partial charge is 0.223 e. The summed E-state index contributed by atoms with van der Waals surface area (Å²) < 4.78 is 5.56. The van der Waals surface area contributed by atoms with Crippen LogP contribution in [0.3, 0.4) is 0 Å². The van der Waals surface area contributed by atoms with Crippen LogP contribution in [0.1, 0.15) is 12.0 Å². The Bertz CT molecular complexity index is 369. The fraction of sp³-hybridized carbons (Fsp3) is 0.462. The van der Waals surface area contributed by atoms with Gasteiger partial charge in [-0.25, -0.2) is 0 Å². The molecular weight excluding hydrogens is 282 g/mol. The zero-order chi connectivity index (χ0) is 12.1. The molecule has 0 spiro atoms. The molecule has 1 aliphatic rings. The van der Waals surface area contributed by atoms with Crippen molar-refractivity contribution in [1.82, 2.24) is 4.90 Å². The molecule has 0 radical (unpaired) electrons. The highest BCUT2D eigenvalue weighted by atomic mass is 79.9. The summed E-state index contributed by atoms with van der Waals surface area (Å²) in [6, 6.07) is 10.1. The van der Waals surface area contributed by atoms with Crippen LogP contribution in [0.25, 0.3) is 0 Å². The van der Waals surface area contributed by atoms with Gasteiger partial charge in [-0.15, -0.1) is 0 Å². The highest BCUT2D eigenvalue weighted by Gasteiger charge is 2.26. The van der Waals surface area contributed by atoms with Crippen LogP contribution in [0, 0.1) is 0 Å².